The van der Waals surface area contributed by atoms with Crippen LogP contribution in [0, 0.1) is 0 Å². The summed E-state index contributed by atoms with van der Waals surface area (Å²) in [7, 11) is 0. The first-order valence-electron chi connectivity index (χ1n) is 12.1. The van der Waals surface area contributed by atoms with Crippen molar-refractivity contribution in [3.05, 3.63) is 59.7 Å². The highest BCUT2D eigenvalue weighted by molar-refractivity contribution is 5.80. The minimum Gasteiger partial charge on any atom is -0.481 e. The number of carbonyl (C=O) groups is 3. The molecule has 2 amide bonds. The molecule has 35 heavy (non-hydrogen) atoms. The highest BCUT2D eigenvalue weighted by atomic mass is 16.5. The van der Waals surface area contributed by atoms with Gasteiger partial charge in [-0.1, -0.05) is 48.5 Å². The molecule has 1 fully saturated rings. The monoisotopic (exact) mass is 480 g/mol. The van der Waals surface area contributed by atoms with Gasteiger partial charge >= 0.3 is 12.1 Å². The Balaban J connectivity index is 1.38. The van der Waals surface area contributed by atoms with Gasteiger partial charge in [-0.15, -0.1) is 0 Å². The average Bonchev–Trinajstić information content (AvgIpc) is 3.15. The van der Waals surface area contributed by atoms with Crippen molar-refractivity contribution < 1.29 is 29.0 Å². The van der Waals surface area contributed by atoms with E-state index in [1.54, 1.807) is 6.92 Å². The van der Waals surface area contributed by atoms with E-state index in [1.165, 1.54) is 0 Å². The van der Waals surface area contributed by atoms with E-state index in [0.717, 1.165) is 22.3 Å². The lowest BCUT2D eigenvalue weighted by atomic mass is 9.86. The van der Waals surface area contributed by atoms with Crippen molar-refractivity contribution in [2.45, 2.75) is 56.5 Å². The van der Waals surface area contributed by atoms with Crippen LogP contribution in [-0.4, -0.2) is 54.5 Å². The summed E-state index contributed by atoms with van der Waals surface area (Å²) >= 11 is 0. The molecule has 4 rings (SSSR count). The molecule has 2 aliphatic rings. The number of ether oxygens (including phenoxy) is 2. The molecule has 0 saturated carbocycles. The SMILES string of the molecule is CC(CCC(=O)O)NC(=O)CC1(NC(=O)OCC2c3ccccc3-c3ccccc32)CCOCC1. The van der Waals surface area contributed by atoms with Crippen molar-refractivity contribution in [2.24, 2.45) is 0 Å². The number of amides is 2. The molecule has 0 aromatic heterocycles. The molecule has 3 N–H and O–H groups in total. The van der Waals surface area contributed by atoms with Crippen LogP contribution in [0.2, 0.25) is 0 Å². The maximum atomic E-state index is 12.9. The molecular weight excluding hydrogens is 448 g/mol. The van der Waals surface area contributed by atoms with Gasteiger partial charge in [0.25, 0.3) is 0 Å². The molecule has 0 radical (unpaired) electrons. The third-order valence-corrected chi connectivity index (χ3v) is 6.86. The molecule has 2 aromatic rings. The van der Waals surface area contributed by atoms with E-state index in [0.29, 0.717) is 32.5 Å². The van der Waals surface area contributed by atoms with Gasteiger partial charge in [0.05, 0.1) is 5.54 Å². The fourth-order valence-corrected chi connectivity index (χ4v) is 5.00. The fourth-order valence-electron chi connectivity index (χ4n) is 5.00. The first-order valence-corrected chi connectivity index (χ1v) is 12.1. The number of hydrogen-bond donors (Lipinski definition) is 3. The summed E-state index contributed by atoms with van der Waals surface area (Å²) in [4.78, 5) is 36.4. The first-order chi connectivity index (χ1) is 16.9. The standard InChI is InChI=1S/C27H32N2O6/c1-18(10-11-25(31)32)28-24(30)16-27(12-14-34-15-13-27)29-26(33)35-17-23-21-8-4-2-6-19(21)20-7-3-5-9-22(20)23/h2-9,18,23H,10-17H2,1H3,(H,28,30)(H,29,33)(H,31,32). The number of alkyl carbamates (subject to hydrolysis) is 1. The minimum absolute atomic E-state index is 0.0154. The fraction of sp³-hybridized carbons (Fsp3) is 0.444. The van der Waals surface area contributed by atoms with Crippen LogP contribution < -0.4 is 10.6 Å². The van der Waals surface area contributed by atoms with Crippen molar-refractivity contribution in [1.82, 2.24) is 10.6 Å². The Bertz CT molecular complexity index is 1030. The smallest absolute Gasteiger partial charge is 0.407 e. The highest BCUT2D eigenvalue weighted by Crippen LogP contribution is 2.44. The zero-order valence-electron chi connectivity index (χ0n) is 19.9. The molecule has 1 aliphatic heterocycles. The normalized spacial score (nSPS) is 17.1. The number of nitrogens with one attached hydrogen (secondary N) is 2. The summed E-state index contributed by atoms with van der Waals surface area (Å²) in [5, 5.41) is 14.7. The van der Waals surface area contributed by atoms with E-state index < -0.39 is 17.6 Å². The maximum absolute atomic E-state index is 12.9. The van der Waals surface area contributed by atoms with Crippen LogP contribution in [0.3, 0.4) is 0 Å². The van der Waals surface area contributed by atoms with Gasteiger partial charge in [0.1, 0.15) is 6.61 Å². The van der Waals surface area contributed by atoms with Crippen molar-refractivity contribution in [1.29, 1.82) is 0 Å². The molecule has 186 valence electrons. The number of benzene rings is 2. The van der Waals surface area contributed by atoms with Crippen LogP contribution in [0.1, 0.15) is 56.1 Å². The Morgan fingerprint density at radius 3 is 2.26 bits per heavy atom. The van der Waals surface area contributed by atoms with Crippen molar-refractivity contribution in [3.63, 3.8) is 0 Å². The Morgan fingerprint density at radius 1 is 1.06 bits per heavy atom. The van der Waals surface area contributed by atoms with Crippen LogP contribution in [0.15, 0.2) is 48.5 Å². The highest BCUT2D eigenvalue weighted by Gasteiger charge is 2.38. The van der Waals surface area contributed by atoms with Gasteiger partial charge in [0, 0.05) is 38.0 Å². The van der Waals surface area contributed by atoms with Gasteiger partial charge in [0.2, 0.25) is 5.91 Å². The number of carboxylic acid groups (broad SMARTS) is 1. The summed E-state index contributed by atoms with van der Waals surface area (Å²) in [5.74, 6) is -1.18. The Hall–Kier alpha value is -3.39. The molecule has 0 spiro atoms. The molecule has 8 nitrogen and oxygen atoms in total. The molecule has 1 saturated heterocycles. The number of carboxylic acids is 1. The minimum atomic E-state index is -0.899. The Kier molecular flexibility index (Phi) is 7.70. The maximum Gasteiger partial charge on any atom is 0.407 e. The Morgan fingerprint density at radius 2 is 1.66 bits per heavy atom. The number of carbonyl (C=O) groups excluding carboxylic acids is 2. The third kappa shape index (κ3) is 6.00. The van der Waals surface area contributed by atoms with E-state index in [1.807, 2.05) is 24.3 Å². The van der Waals surface area contributed by atoms with Crippen LogP contribution >= 0.6 is 0 Å². The predicted molar refractivity (Wildman–Crippen MR) is 130 cm³/mol. The summed E-state index contributed by atoms with van der Waals surface area (Å²) < 4.78 is 11.2. The molecule has 1 heterocycles. The van der Waals surface area contributed by atoms with Gasteiger partial charge < -0.3 is 25.2 Å². The van der Waals surface area contributed by atoms with Crippen LogP contribution in [-0.2, 0) is 19.1 Å². The van der Waals surface area contributed by atoms with Gasteiger partial charge in [-0.05, 0) is 48.4 Å². The largest absolute Gasteiger partial charge is 0.481 e. The van der Waals surface area contributed by atoms with Gasteiger partial charge in [-0.3, -0.25) is 9.59 Å². The number of rotatable bonds is 9. The predicted octanol–water partition coefficient (Wildman–Crippen LogP) is 3.83. The summed E-state index contributed by atoms with van der Waals surface area (Å²) in [6, 6.07) is 16.0. The number of hydrogen-bond acceptors (Lipinski definition) is 5. The lowest BCUT2D eigenvalue weighted by molar-refractivity contribution is -0.137. The van der Waals surface area contributed by atoms with Crippen molar-refractivity contribution in [3.8, 4) is 11.1 Å². The van der Waals surface area contributed by atoms with Crippen LogP contribution in [0.25, 0.3) is 11.1 Å². The average molecular weight is 481 g/mol. The van der Waals surface area contributed by atoms with E-state index in [2.05, 4.69) is 34.9 Å². The molecule has 1 atom stereocenters. The number of aliphatic carboxylic acids is 1. The van der Waals surface area contributed by atoms with Crippen molar-refractivity contribution in [2.75, 3.05) is 19.8 Å². The second-order valence-electron chi connectivity index (χ2n) is 9.42. The van der Waals surface area contributed by atoms with Gasteiger partial charge in [-0.25, -0.2) is 4.79 Å². The number of fused-ring (bicyclic) bond motifs is 3. The van der Waals surface area contributed by atoms with Crippen LogP contribution in [0.5, 0.6) is 0 Å². The second kappa shape index (κ2) is 10.9. The van der Waals surface area contributed by atoms with Gasteiger partial charge in [0.15, 0.2) is 0 Å². The van der Waals surface area contributed by atoms with E-state index in [9.17, 15) is 14.4 Å². The summed E-state index contributed by atoms with van der Waals surface area (Å²) in [6.45, 7) is 2.85. The van der Waals surface area contributed by atoms with Crippen LogP contribution in [0.4, 0.5) is 4.79 Å². The Labute approximate surface area is 205 Å². The molecule has 1 unspecified atom stereocenters. The lowest BCUT2D eigenvalue weighted by Crippen LogP contribution is -2.55. The molecule has 0 bridgehead atoms. The summed E-state index contributed by atoms with van der Waals surface area (Å²) in [6.07, 6.45) is 0.843. The van der Waals surface area contributed by atoms with E-state index >= 15 is 0 Å². The topological polar surface area (TPSA) is 114 Å². The molecule has 1 aliphatic carbocycles. The molecule has 8 heteroatoms. The summed E-state index contributed by atoms with van der Waals surface area (Å²) in [5.41, 5.74) is 3.82. The zero-order chi connectivity index (χ0) is 24.8. The van der Waals surface area contributed by atoms with E-state index in [4.69, 9.17) is 14.6 Å². The third-order valence-electron chi connectivity index (χ3n) is 6.86. The zero-order valence-corrected chi connectivity index (χ0v) is 19.9. The van der Waals surface area contributed by atoms with Crippen molar-refractivity contribution >= 4 is 18.0 Å². The van der Waals surface area contributed by atoms with Gasteiger partial charge in [-0.2, -0.15) is 0 Å². The molecule has 2 aromatic carbocycles. The first kappa shape index (κ1) is 24.7. The van der Waals surface area contributed by atoms with E-state index in [-0.39, 0.29) is 37.3 Å². The lowest BCUT2D eigenvalue weighted by Gasteiger charge is -2.37. The molecular formula is C27H32N2O6. The second-order valence-corrected chi connectivity index (χ2v) is 9.42. The quantitative estimate of drug-likeness (QED) is 0.503.